The van der Waals surface area contributed by atoms with Crippen molar-refractivity contribution < 1.29 is 41.9 Å². The van der Waals surface area contributed by atoms with E-state index in [-0.39, 0.29) is 42.2 Å². The molecule has 0 saturated carbocycles. The minimum atomic E-state index is -4.39. The van der Waals surface area contributed by atoms with E-state index in [1.165, 1.54) is 41.6 Å². The number of rotatable bonds is 13. The van der Waals surface area contributed by atoms with Crippen LogP contribution >= 0.6 is 7.82 Å². The Morgan fingerprint density at radius 3 is 2.10 bits per heavy atom. The molecular formula is C43H48F2N8NaO8P. The number of ether oxygens (including phenoxy) is 3. The molecule has 0 amide bonds. The molecule has 328 valence electrons. The number of hydrogen-bond donors (Lipinski definition) is 2. The van der Waals surface area contributed by atoms with Crippen LogP contribution in [0.1, 0.15) is 26.3 Å². The van der Waals surface area contributed by atoms with E-state index in [1.54, 1.807) is 33.8 Å². The van der Waals surface area contributed by atoms with Crippen molar-refractivity contribution in [3.8, 4) is 17.2 Å². The van der Waals surface area contributed by atoms with E-state index in [2.05, 4.69) is 62.4 Å². The number of phosphoric ester groups is 1. The average molecular weight is 897 g/mol. The molecule has 4 aromatic carbocycles. The third kappa shape index (κ3) is 12.0. The number of phosphoric acid groups is 1. The molecule has 6 aromatic rings. The summed E-state index contributed by atoms with van der Waals surface area (Å²) in [4.78, 5) is 38.4. The Kier molecular flexibility index (Phi) is 14.5. The Morgan fingerprint density at radius 2 is 1.51 bits per heavy atom. The molecule has 0 aliphatic carbocycles. The van der Waals surface area contributed by atoms with Crippen LogP contribution in [0.2, 0.25) is 3.17 Å². The molecular weight excluding hydrogens is 848 g/mol. The predicted molar refractivity (Wildman–Crippen MR) is 231 cm³/mol. The first-order chi connectivity index (χ1) is 30.0. The van der Waals surface area contributed by atoms with E-state index in [1.807, 2.05) is 36.4 Å². The van der Waals surface area contributed by atoms with Gasteiger partial charge in [-0.3, -0.25) is 9.79 Å². The van der Waals surface area contributed by atoms with E-state index in [9.17, 15) is 18.1 Å². The first kappa shape index (κ1) is 46.1. The van der Waals surface area contributed by atoms with Gasteiger partial charge in [0.1, 0.15) is 55.0 Å². The van der Waals surface area contributed by atoms with Gasteiger partial charge in [-0.1, -0.05) is 18.2 Å². The molecule has 3 atom stereocenters. The largest absolute Gasteiger partial charge is 0.524 e. The number of anilines is 2. The van der Waals surface area contributed by atoms with Crippen molar-refractivity contribution in [2.24, 2.45) is 5.41 Å². The molecule has 2 saturated heterocycles. The van der Waals surface area contributed by atoms with Gasteiger partial charge < -0.3 is 23.6 Å². The van der Waals surface area contributed by atoms with Crippen LogP contribution in [0.3, 0.4) is 0 Å². The predicted octanol–water partition coefficient (Wildman–Crippen LogP) is 5.74. The van der Waals surface area contributed by atoms with E-state index < -0.39 is 31.3 Å². The molecule has 20 heteroatoms. The fourth-order valence-corrected chi connectivity index (χ4v) is 7.81. The van der Waals surface area contributed by atoms with Crippen molar-refractivity contribution in [1.82, 2.24) is 29.1 Å². The van der Waals surface area contributed by atoms with Crippen molar-refractivity contribution >= 4 is 47.1 Å². The Labute approximate surface area is 380 Å². The Balaban J connectivity index is 0.000000473. The SMILES string of the molecule is CC(C)(C)[CH]([Na])Cn1ncn(-c2ccc(N3CCN(c4ccc(OC[C@@H]5CO[C@@](Cn6cncn6)(c6ccc(F)cc6F)O5)cc4)CC3)cc2)c1=O.O=P(O)(O)Oc1ccccc1. The van der Waals surface area contributed by atoms with Gasteiger partial charge in [-0.25, -0.2) is 23.0 Å². The normalized spacial score (nSPS) is 18.5. The van der Waals surface area contributed by atoms with Crippen molar-refractivity contribution in [1.29, 1.82) is 0 Å². The topological polar surface area (TPSA) is 171 Å². The van der Waals surface area contributed by atoms with Crippen molar-refractivity contribution in [2.75, 3.05) is 49.2 Å². The maximum atomic E-state index is 14.9. The third-order valence-corrected chi connectivity index (χ3v) is 13.6. The van der Waals surface area contributed by atoms with Gasteiger partial charge in [0.15, 0.2) is 0 Å². The Morgan fingerprint density at radius 1 is 0.873 bits per heavy atom. The molecule has 16 nitrogen and oxygen atoms in total. The zero-order valence-corrected chi connectivity index (χ0v) is 38.3. The second-order valence-corrected chi connectivity index (χ2v) is 19.0. The van der Waals surface area contributed by atoms with Crippen LogP contribution in [0, 0.1) is 17.0 Å². The molecule has 2 aliphatic heterocycles. The molecule has 0 bridgehead atoms. The minimum Gasteiger partial charge on any atom is -0.404 e. The summed E-state index contributed by atoms with van der Waals surface area (Å²) in [6.45, 7) is 11.0. The van der Waals surface area contributed by atoms with Crippen LogP contribution in [0.25, 0.3) is 5.69 Å². The fourth-order valence-electron chi connectivity index (χ4n) is 7.06. The van der Waals surface area contributed by atoms with E-state index in [0.717, 1.165) is 77.2 Å². The number of halogens is 2. The molecule has 0 radical (unpaired) electrons. The van der Waals surface area contributed by atoms with Gasteiger partial charge >= 0.3 is 170 Å². The molecule has 63 heavy (non-hydrogen) atoms. The number of nitrogens with zero attached hydrogens (tertiary/aromatic N) is 8. The molecule has 0 spiro atoms. The summed E-state index contributed by atoms with van der Waals surface area (Å²) in [6, 6.07) is 27.3. The van der Waals surface area contributed by atoms with Crippen LogP contribution in [0.5, 0.6) is 11.5 Å². The number of hydrogen-bond acceptors (Lipinski definition) is 11. The number of piperazine rings is 1. The second kappa shape index (κ2) is 19.9. The quantitative estimate of drug-likeness (QED) is 0.106. The van der Waals surface area contributed by atoms with Crippen LogP contribution in [0.4, 0.5) is 20.2 Å². The standard InChI is InChI=1S/C37H41F2N8O4.C6H7O4P.Na/c1-36(2,3)14-15-47-35(48)46(26-42-47)30-7-5-28(6-8-30)43-16-18-44(19-17-43)29-9-11-31(12-10-29)49-21-32-22-50-37(51-32,23-45-25-40-24-41-45)33-13-4-27(38)20-34(33)39;7-11(8,9)10-6-4-2-1-3-5-6;/h4-14,20,24-26,32H,15-19,21-23H2,1-3H3;1-5H,(H2,7,8,9);/t32-,37-;;/m1../s1. The summed E-state index contributed by atoms with van der Waals surface area (Å²) in [6.07, 6.45) is 3.96. The summed E-state index contributed by atoms with van der Waals surface area (Å²) in [5.41, 5.74) is 3.14. The Bertz CT molecular complexity index is 2510. The van der Waals surface area contributed by atoms with Crippen molar-refractivity contribution in [2.45, 2.75) is 48.9 Å². The van der Waals surface area contributed by atoms with E-state index >= 15 is 0 Å². The van der Waals surface area contributed by atoms with Crippen molar-refractivity contribution in [3.63, 3.8) is 0 Å². The smallest absolute Gasteiger partial charge is 0.404 e. The van der Waals surface area contributed by atoms with E-state index in [0.29, 0.717) is 15.5 Å². The maximum Gasteiger partial charge on any atom is 0.524 e. The molecule has 2 aromatic heterocycles. The molecule has 2 N–H and O–H groups in total. The summed E-state index contributed by atoms with van der Waals surface area (Å²) in [7, 11) is -4.39. The van der Waals surface area contributed by atoms with Crippen molar-refractivity contribution in [3.05, 3.63) is 144 Å². The van der Waals surface area contributed by atoms with Gasteiger partial charge in [0.2, 0.25) is 5.79 Å². The average Bonchev–Trinajstić information content (AvgIpc) is 4.01. The number of benzene rings is 4. The second-order valence-electron chi connectivity index (χ2n) is 16.4. The zero-order valence-electron chi connectivity index (χ0n) is 35.4. The maximum absolute atomic E-state index is 14.9. The van der Waals surface area contributed by atoms with Gasteiger partial charge in [0.25, 0.3) is 0 Å². The monoisotopic (exact) mass is 896 g/mol. The Hall–Kier alpha value is -4.91. The number of para-hydroxylation sites is 1. The van der Waals surface area contributed by atoms with Crippen LogP contribution in [-0.4, -0.2) is 112 Å². The van der Waals surface area contributed by atoms with Gasteiger partial charge in [0, 0.05) is 17.3 Å². The first-order valence-corrected chi connectivity index (χ1v) is 23.1. The minimum absolute atomic E-state index is 0.0333. The molecule has 4 heterocycles. The summed E-state index contributed by atoms with van der Waals surface area (Å²) < 4.78 is 66.6. The van der Waals surface area contributed by atoms with Gasteiger partial charge in [-0.2, -0.15) is 5.10 Å². The third-order valence-electron chi connectivity index (χ3n) is 11.1. The molecule has 8 rings (SSSR count). The first-order valence-electron chi connectivity index (χ1n) is 20.4. The van der Waals surface area contributed by atoms with Crippen LogP contribution in [-0.2, 0) is 32.9 Å². The van der Waals surface area contributed by atoms with Gasteiger partial charge in [-0.05, 0) is 48.5 Å². The van der Waals surface area contributed by atoms with Gasteiger partial charge in [-0.15, -0.1) is 0 Å². The fraction of sp³-hybridized carbons (Fsp3) is 0.349. The summed E-state index contributed by atoms with van der Waals surface area (Å²) >= 11 is 0.994. The number of aromatic nitrogens is 6. The molecule has 2 fully saturated rings. The molecule has 2 aliphatic rings. The summed E-state index contributed by atoms with van der Waals surface area (Å²) in [5, 5.41) is 8.50. The van der Waals surface area contributed by atoms with Gasteiger partial charge in [0.05, 0.1) is 6.61 Å². The van der Waals surface area contributed by atoms with E-state index in [4.69, 9.17) is 24.0 Å². The molecule has 1 unspecified atom stereocenters. The van der Waals surface area contributed by atoms with Crippen LogP contribution < -0.4 is 24.8 Å². The van der Waals surface area contributed by atoms with Crippen LogP contribution in [0.15, 0.2) is 121 Å². The zero-order chi connectivity index (χ0) is 44.8. The summed E-state index contributed by atoms with van der Waals surface area (Å²) in [5.74, 6) is -2.13.